The summed E-state index contributed by atoms with van der Waals surface area (Å²) in [5.41, 5.74) is 5.44. The summed E-state index contributed by atoms with van der Waals surface area (Å²) in [6, 6.07) is 0.341. The second-order valence-corrected chi connectivity index (χ2v) is 3.07. The van der Waals surface area contributed by atoms with Crippen molar-refractivity contribution < 1.29 is 4.52 Å². The second-order valence-electron chi connectivity index (χ2n) is 3.07. The van der Waals surface area contributed by atoms with Crippen molar-refractivity contribution in [2.45, 2.75) is 26.3 Å². The Morgan fingerprint density at radius 3 is 2.92 bits per heavy atom. The predicted molar refractivity (Wildman–Crippen MR) is 49.3 cm³/mol. The van der Waals surface area contributed by atoms with Crippen molar-refractivity contribution in [3.05, 3.63) is 11.7 Å². The molecule has 0 aliphatic heterocycles. The quantitative estimate of drug-likeness (QED) is 0.666. The third kappa shape index (κ3) is 3.52. The molecule has 0 saturated carbocycles. The number of rotatable bonds is 5. The van der Waals surface area contributed by atoms with Gasteiger partial charge >= 0.3 is 0 Å². The third-order valence-corrected chi connectivity index (χ3v) is 1.76. The number of hydrogen-bond acceptors (Lipinski definition) is 5. The zero-order chi connectivity index (χ0) is 9.68. The van der Waals surface area contributed by atoms with Crippen LogP contribution in [0.2, 0.25) is 0 Å². The highest BCUT2D eigenvalue weighted by atomic mass is 16.5. The van der Waals surface area contributed by atoms with Crippen LogP contribution < -0.4 is 11.1 Å². The van der Waals surface area contributed by atoms with Gasteiger partial charge in [0.05, 0.1) is 0 Å². The maximum Gasteiger partial charge on any atom is 0.223 e. The SMILES string of the molecule is Cc1nc(CCNC(C)CN)no1. The van der Waals surface area contributed by atoms with E-state index >= 15 is 0 Å². The maximum atomic E-state index is 5.44. The molecule has 5 heteroatoms. The fraction of sp³-hybridized carbons (Fsp3) is 0.750. The fourth-order valence-electron chi connectivity index (χ4n) is 0.957. The summed E-state index contributed by atoms with van der Waals surface area (Å²) in [6.45, 7) is 5.30. The molecule has 13 heavy (non-hydrogen) atoms. The van der Waals surface area contributed by atoms with Gasteiger partial charge in [0.15, 0.2) is 5.82 Å². The zero-order valence-electron chi connectivity index (χ0n) is 8.08. The molecule has 1 heterocycles. The Kier molecular flexibility index (Phi) is 3.85. The van der Waals surface area contributed by atoms with Crippen LogP contribution in [0.15, 0.2) is 4.52 Å². The van der Waals surface area contributed by atoms with Crippen LogP contribution in [0, 0.1) is 6.92 Å². The summed E-state index contributed by atoms with van der Waals surface area (Å²) in [5, 5.41) is 7.02. The predicted octanol–water partition coefficient (Wildman–Crippen LogP) is -0.143. The van der Waals surface area contributed by atoms with Crippen molar-refractivity contribution in [2.24, 2.45) is 5.73 Å². The summed E-state index contributed by atoms with van der Waals surface area (Å²) in [4.78, 5) is 4.08. The molecule has 0 bridgehead atoms. The molecular weight excluding hydrogens is 168 g/mol. The van der Waals surface area contributed by atoms with E-state index in [1.165, 1.54) is 0 Å². The lowest BCUT2D eigenvalue weighted by atomic mass is 10.3. The van der Waals surface area contributed by atoms with Crippen molar-refractivity contribution in [1.29, 1.82) is 0 Å². The zero-order valence-corrected chi connectivity index (χ0v) is 8.08. The van der Waals surface area contributed by atoms with Gasteiger partial charge in [0.1, 0.15) is 0 Å². The first-order valence-electron chi connectivity index (χ1n) is 4.45. The van der Waals surface area contributed by atoms with Gasteiger partial charge in [-0.3, -0.25) is 0 Å². The minimum absolute atomic E-state index is 0.341. The van der Waals surface area contributed by atoms with E-state index in [1.54, 1.807) is 6.92 Å². The van der Waals surface area contributed by atoms with Gasteiger partial charge in [-0.2, -0.15) is 4.98 Å². The van der Waals surface area contributed by atoms with Gasteiger partial charge in [0.2, 0.25) is 5.89 Å². The Morgan fingerprint density at radius 2 is 2.38 bits per heavy atom. The van der Waals surface area contributed by atoms with Crippen molar-refractivity contribution >= 4 is 0 Å². The van der Waals surface area contributed by atoms with Crippen molar-refractivity contribution in [1.82, 2.24) is 15.5 Å². The normalized spacial score (nSPS) is 13.2. The van der Waals surface area contributed by atoms with E-state index < -0.39 is 0 Å². The van der Waals surface area contributed by atoms with E-state index in [0.717, 1.165) is 18.8 Å². The lowest BCUT2D eigenvalue weighted by Gasteiger charge is -2.08. The molecule has 0 spiro atoms. The van der Waals surface area contributed by atoms with Gasteiger partial charge < -0.3 is 15.6 Å². The van der Waals surface area contributed by atoms with E-state index in [0.29, 0.717) is 18.5 Å². The molecule has 1 aromatic rings. The van der Waals surface area contributed by atoms with Crippen LogP contribution in [-0.2, 0) is 6.42 Å². The summed E-state index contributed by atoms with van der Waals surface area (Å²) < 4.78 is 4.83. The first kappa shape index (κ1) is 10.1. The molecule has 0 fully saturated rings. The Balaban J connectivity index is 2.20. The number of nitrogens with one attached hydrogen (secondary N) is 1. The number of nitrogens with two attached hydrogens (primary N) is 1. The molecule has 1 aromatic heterocycles. The lowest BCUT2D eigenvalue weighted by molar-refractivity contribution is 0.386. The maximum absolute atomic E-state index is 5.44. The highest BCUT2D eigenvalue weighted by Crippen LogP contribution is 1.94. The molecule has 1 atom stereocenters. The summed E-state index contributed by atoms with van der Waals surface area (Å²) in [5.74, 6) is 1.36. The molecule has 0 aliphatic rings. The molecular formula is C8H16N4O. The van der Waals surface area contributed by atoms with Crippen molar-refractivity contribution in [3.63, 3.8) is 0 Å². The van der Waals surface area contributed by atoms with E-state index in [2.05, 4.69) is 15.5 Å². The highest BCUT2D eigenvalue weighted by Gasteiger charge is 2.02. The average Bonchev–Trinajstić information content (AvgIpc) is 2.51. The van der Waals surface area contributed by atoms with Crippen molar-refractivity contribution in [3.8, 4) is 0 Å². The van der Waals surface area contributed by atoms with Gasteiger partial charge in [-0.1, -0.05) is 5.16 Å². The van der Waals surface area contributed by atoms with Gasteiger partial charge in [0, 0.05) is 32.5 Å². The molecule has 5 nitrogen and oxygen atoms in total. The molecule has 0 aliphatic carbocycles. The highest BCUT2D eigenvalue weighted by molar-refractivity contribution is 4.84. The monoisotopic (exact) mass is 184 g/mol. The number of aromatic nitrogens is 2. The van der Waals surface area contributed by atoms with Gasteiger partial charge in [0.25, 0.3) is 0 Å². The first-order valence-corrected chi connectivity index (χ1v) is 4.45. The molecule has 1 unspecified atom stereocenters. The summed E-state index contributed by atoms with van der Waals surface area (Å²) in [7, 11) is 0. The first-order chi connectivity index (χ1) is 6.22. The van der Waals surface area contributed by atoms with E-state index in [-0.39, 0.29) is 0 Å². The van der Waals surface area contributed by atoms with Crippen LogP contribution in [-0.4, -0.2) is 29.3 Å². The molecule has 74 valence electrons. The Bertz CT molecular complexity index is 248. The smallest absolute Gasteiger partial charge is 0.223 e. The fourth-order valence-corrected chi connectivity index (χ4v) is 0.957. The van der Waals surface area contributed by atoms with Crippen LogP contribution in [0.25, 0.3) is 0 Å². The molecule has 1 rings (SSSR count). The molecule has 3 N–H and O–H groups in total. The largest absolute Gasteiger partial charge is 0.340 e. The minimum atomic E-state index is 0.341. The van der Waals surface area contributed by atoms with Crippen molar-refractivity contribution in [2.75, 3.05) is 13.1 Å². The lowest BCUT2D eigenvalue weighted by Crippen LogP contribution is -2.34. The third-order valence-electron chi connectivity index (χ3n) is 1.76. The van der Waals surface area contributed by atoms with Gasteiger partial charge in [-0.05, 0) is 6.92 Å². The van der Waals surface area contributed by atoms with Crippen LogP contribution in [0.1, 0.15) is 18.6 Å². The van der Waals surface area contributed by atoms with Crippen LogP contribution in [0.5, 0.6) is 0 Å². The van der Waals surface area contributed by atoms with E-state index in [4.69, 9.17) is 10.3 Å². The van der Waals surface area contributed by atoms with Crippen LogP contribution in [0.3, 0.4) is 0 Å². The number of aryl methyl sites for hydroxylation is 1. The Morgan fingerprint density at radius 1 is 1.62 bits per heavy atom. The standard InChI is InChI=1S/C8H16N4O/c1-6(5-9)10-4-3-8-11-7(2)13-12-8/h6,10H,3-5,9H2,1-2H3. The Hall–Kier alpha value is -0.940. The van der Waals surface area contributed by atoms with Gasteiger partial charge in [-0.15, -0.1) is 0 Å². The van der Waals surface area contributed by atoms with E-state index in [9.17, 15) is 0 Å². The topological polar surface area (TPSA) is 77.0 Å². The molecule has 0 radical (unpaired) electrons. The minimum Gasteiger partial charge on any atom is -0.340 e. The molecule has 0 amide bonds. The molecule has 0 aromatic carbocycles. The molecule has 0 saturated heterocycles. The Labute approximate surface area is 77.7 Å². The van der Waals surface area contributed by atoms with Crippen LogP contribution >= 0.6 is 0 Å². The van der Waals surface area contributed by atoms with Gasteiger partial charge in [-0.25, -0.2) is 0 Å². The number of nitrogens with zero attached hydrogens (tertiary/aromatic N) is 2. The van der Waals surface area contributed by atoms with Crippen LogP contribution in [0.4, 0.5) is 0 Å². The average molecular weight is 184 g/mol. The second kappa shape index (κ2) is 4.94. The summed E-state index contributed by atoms with van der Waals surface area (Å²) >= 11 is 0. The number of hydrogen-bond donors (Lipinski definition) is 2. The van der Waals surface area contributed by atoms with E-state index in [1.807, 2.05) is 6.92 Å². The summed E-state index contributed by atoms with van der Waals surface area (Å²) in [6.07, 6.45) is 0.779.